The van der Waals surface area contributed by atoms with Crippen molar-refractivity contribution in [3.05, 3.63) is 59.2 Å². The second-order valence-electron chi connectivity index (χ2n) is 7.55. The molecule has 31 heavy (non-hydrogen) atoms. The summed E-state index contributed by atoms with van der Waals surface area (Å²) in [6.07, 6.45) is 1.78. The minimum Gasteiger partial charge on any atom is -0.504 e. The fourth-order valence-corrected chi connectivity index (χ4v) is 4.42. The standard InChI is InChI=1S/C23H23NO7/c1-3-30-23(28)21-14(17-5-4-8-31-17)10-15-20(22(21)27)13(11-19(26)24-15)12-6-7-16(25)18(9-12)29-2/h4-9,13-14,21,25H,3,10-11H2,1-2H3,(H,24,26)/t13-,14+,21+/m0/s1. The first-order chi connectivity index (χ1) is 14.9. The minimum absolute atomic E-state index is 0.0411. The topological polar surface area (TPSA) is 115 Å². The molecule has 0 spiro atoms. The lowest BCUT2D eigenvalue weighted by Crippen LogP contribution is -2.44. The Hall–Kier alpha value is -3.55. The molecule has 3 atom stereocenters. The van der Waals surface area contributed by atoms with Gasteiger partial charge in [-0.25, -0.2) is 0 Å². The number of nitrogens with one attached hydrogen (secondary N) is 1. The first-order valence-corrected chi connectivity index (χ1v) is 10.1. The first kappa shape index (κ1) is 20.7. The zero-order chi connectivity index (χ0) is 22.1. The highest BCUT2D eigenvalue weighted by molar-refractivity contribution is 6.12. The molecule has 1 aliphatic heterocycles. The molecule has 1 amide bonds. The van der Waals surface area contributed by atoms with Gasteiger partial charge in [-0.2, -0.15) is 0 Å². The molecule has 1 aliphatic carbocycles. The molecule has 0 saturated heterocycles. The number of aromatic hydroxyl groups is 1. The molecule has 4 rings (SSSR count). The van der Waals surface area contributed by atoms with Crippen molar-refractivity contribution in [1.82, 2.24) is 5.32 Å². The Labute approximate surface area is 178 Å². The number of furan rings is 1. The van der Waals surface area contributed by atoms with E-state index in [4.69, 9.17) is 13.9 Å². The third kappa shape index (κ3) is 3.69. The van der Waals surface area contributed by atoms with Gasteiger partial charge in [-0.15, -0.1) is 0 Å². The Kier molecular flexibility index (Phi) is 5.54. The van der Waals surface area contributed by atoms with Gasteiger partial charge < -0.3 is 24.3 Å². The number of phenolic OH excluding ortho intramolecular Hbond substituents is 1. The summed E-state index contributed by atoms with van der Waals surface area (Å²) >= 11 is 0. The van der Waals surface area contributed by atoms with Crippen molar-refractivity contribution in [2.24, 2.45) is 5.92 Å². The number of ketones is 1. The van der Waals surface area contributed by atoms with Gasteiger partial charge in [0.15, 0.2) is 17.3 Å². The van der Waals surface area contributed by atoms with E-state index in [0.29, 0.717) is 22.6 Å². The SMILES string of the molecule is CCOC(=O)[C@H]1C(=O)C2=C(C[C@@H]1c1ccco1)NC(=O)C[C@H]2c1ccc(O)c(OC)c1. The second kappa shape index (κ2) is 8.29. The van der Waals surface area contributed by atoms with Gasteiger partial charge in [-0.1, -0.05) is 6.07 Å². The van der Waals surface area contributed by atoms with E-state index < -0.39 is 29.5 Å². The Bertz CT molecular complexity index is 1050. The van der Waals surface area contributed by atoms with Crippen LogP contribution in [0.15, 0.2) is 52.3 Å². The van der Waals surface area contributed by atoms with Crippen LogP contribution in [0.4, 0.5) is 0 Å². The van der Waals surface area contributed by atoms with Gasteiger partial charge in [0.1, 0.15) is 11.7 Å². The summed E-state index contributed by atoms with van der Waals surface area (Å²) in [6.45, 7) is 1.83. The number of carbonyl (C=O) groups excluding carboxylic acids is 3. The second-order valence-corrected chi connectivity index (χ2v) is 7.55. The number of phenols is 1. The summed E-state index contributed by atoms with van der Waals surface area (Å²) in [4.78, 5) is 38.9. The van der Waals surface area contributed by atoms with Crippen LogP contribution >= 0.6 is 0 Å². The Balaban J connectivity index is 1.81. The van der Waals surface area contributed by atoms with Crippen molar-refractivity contribution in [3.8, 4) is 11.5 Å². The minimum atomic E-state index is -1.07. The van der Waals surface area contributed by atoms with Gasteiger partial charge in [0.25, 0.3) is 0 Å². The number of rotatable bonds is 5. The van der Waals surface area contributed by atoms with Crippen molar-refractivity contribution >= 4 is 17.7 Å². The quantitative estimate of drug-likeness (QED) is 0.559. The fourth-order valence-electron chi connectivity index (χ4n) is 4.42. The molecule has 2 aliphatic rings. The Morgan fingerprint density at radius 3 is 2.74 bits per heavy atom. The summed E-state index contributed by atoms with van der Waals surface area (Å²) in [5, 5.41) is 12.7. The number of benzene rings is 1. The van der Waals surface area contributed by atoms with Gasteiger partial charge in [0.2, 0.25) is 5.91 Å². The van der Waals surface area contributed by atoms with Crippen LogP contribution < -0.4 is 10.1 Å². The van der Waals surface area contributed by atoms with E-state index in [9.17, 15) is 19.5 Å². The maximum atomic E-state index is 13.7. The lowest BCUT2D eigenvalue weighted by molar-refractivity contribution is -0.152. The van der Waals surface area contributed by atoms with Crippen LogP contribution in [0.2, 0.25) is 0 Å². The van der Waals surface area contributed by atoms with Gasteiger partial charge >= 0.3 is 5.97 Å². The van der Waals surface area contributed by atoms with Crippen LogP contribution in [-0.4, -0.2) is 36.5 Å². The number of hydrogen-bond acceptors (Lipinski definition) is 7. The Morgan fingerprint density at radius 1 is 1.26 bits per heavy atom. The van der Waals surface area contributed by atoms with E-state index in [1.54, 1.807) is 31.2 Å². The maximum Gasteiger partial charge on any atom is 0.317 e. The molecule has 0 radical (unpaired) electrons. The van der Waals surface area contributed by atoms with E-state index in [0.717, 1.165) is 0 Å². The highest BCUT2D eigenvalue weighted by Crippen LogP contribution is 2.46. The lowest BCUT2D eigenvalue weighted by Gasteiger charge is -2.37. The molecular formula is C23H23NO7. The van der Waals surface area contributed by atoms with Crippen molar-refractivity contribution in [2.45, 2.75) is 31.6 Å². The molecule has 0 unspecified atom stereocenters. The van der Waals surface area contributed by atoms with Crippen LogP contribution in [-0.2, 0) is 19.1 Å². The maximum absolute atomic E-state index is 13.7. The van der Waals surface area contributed by atoms with E-state index in [1.165, 1.54) is 19.4 Å². The first-order valence-electron chi connectivity index (χ1n) is 10.1. The molecule has 1 aromatic carbocycles. The van der Waals surface area contributed by atoms with Crippen molar-refractivity contribution in [1.29, 1.82) is 0 Å². The van der Waals surface area contributed by atoms with Gasteiger partial charge in [0, 0.05) is 29.5 Å². The van der Waals surface area contributed by atoms with Gasteiger partial charge in [0.05, 0.1) is 20.0 Å². The number of carbonyl (C=O) groups is 3. The van der Waals surface area contributed by atoms with Crippen LogP contribution in [0.25, 0.3) is 0 Å². The zero-order valence-electron chi connectivity index (χ0n) is 17.2. The number of ether oxygens (including phenoxy) is 2. The number of Topliss-reactive ketones (excluding diaryl/α,β-unsaturated/α-hetero) is 1. The number of amides is 1. The average molecular weight is 425 g/mol. The monoisotopic (exact) mass is 425 g/mol. The molecule has 8 nitrogen and oxygen atoms in total. The smallest absolute Gasteiger partial charge is 0.317 e. The normalized spacial score (nSPS) is 23.2. The number of esters is 1. The number of allylic oxidation sites excluding steroid dienone is 2. The van der Waals surface area contributed by atoms with Crippen LogP contribution in [0.5, 0.6) is 11.5 Å². The summed E-state index contributed by atoms with van der Waals surface area (Å²) < 4.78 is 15.9. The van der Waals surface area contributed by atoms with Crippen molar-refractivity contribution < 1.29 is 33.4 Å². The third-order valence-electron chi connectivity index (χ3n) is 5.78. The predicted molar refractivity (Wildman–Crippen MR) is 108 cm³/mol. The fraction of sp³-hybridized carbons (Fsp3) is 0.348. The van der Waals surface area contributed by atoms with Gasteiger partial charge in [-0.05, 0) is 43.2 Å². The van der Waals surface area contributed by atoms with E-state index >= 15 is 0 Å². The lowest BCUT2D eigenvalue weighted by atomic mass is 9.69. The summed E-state index contributed by atoms with van der Waals surface area (Å²) in [5.41, 5.74) is 1.51. The average Bonchev–Trinajstić information content (AvgIpc) is 3.28. The third-order valence-corrected chi connectivity index (χ3v) is 5.78. The van der Waals surface area contributed by atoms with E-state index in [-0.39, 0.29) is 36.9 Å². The Morgan fingerprint density at radius 2 is 2.06 bits per heavy atom. The van der Waals surface area contributed by atoms with Crippen molar-refractivity contribution in [3.63, 3.8) is 0 Å². The highest BCUT2D eigenvalue weighted by atomic mass is 16.5. The molecule has 2 aromatic rings. The zero-order valence-corrected chi connectivity index (χ0v) is 17.2. The predicted octanol–water partition coefficient (Wildman–Crippen LogP) is 2.79. The van der Waals surface area contributed by atoms with E-state index in [2.05, 4.69) is 5.32 Å². The summed E-state index contributed by atoms with van der Waals surface area (Å²) in [7, 11) is 1.42. The molecule has 8 heteroatoms. The molecular weight excluding hydrogens is 402 g/mol. The van der Waals surface area contributed by atoms with Crippen LogP contribution in [0.3, 0.4) is 0 Å². The van der Waals surface area contributed by atoms with Crippen LogP contribution in [0, 0.1) is 5.92 Å². The molecule has 2 heterocycles. The molecule has 0 saturated carbocycles. The largest absolute Gasteiger partial charge is 0.504 e. The number of methoxy groups -OCH3 is 1. The number of hydrogen-bond donors (Lipinski definition) is 2. The van der Waals surface area contributed by atoms with Gasteiger partial charge in [-0.3, -0.25) is 14.4 Å². The molecule has 162 valence electrons. The van der Waals surface area contributed by atoms with E-state index in [1.807, 2.05) is 0 Å². The van der Waals surface area contributed by atoms with Crippen LogP contribution in [0.1, 0.15) is 42.9 Å². The summed E-state index contributed by atoms with van der Waals surface area (Å²) in [5.74, 6) is -2.76. The molecule has 0 fully saturated rings. The van der Waals surface area contributed by atoms with Crippen molar-refractivity contribution in [2.75, 3.05) is 13.7 Å². The molecule has 0 bridgehead atoms. The molecule has 2 N–H and O–H groups in total. The summed E-state index contributed by atoms with van der Waals surface area (Å²) in [6, 6.07) is 8.12. The molecule has 1 aromatic heterocycles. The highest BCUT2D eigenvalue weighted by Gasteiger charge is 2.48.